The largest absolute Gasteiger partial charge is 0.394 e. The highest BCUT2D eigenvalue weighted by atomic mass is 16.7. The molecule has 2 aliphatic heterocycles. The van der Waals surface area contributed by atoms with E-state index in [-0.39, 0.29) is 18.9 Å². The number of hydrogen-bond acceptors (Lipinski definition) is 13. The molecule has 1 amide bonds. The van der Waals surface area contributed by atoms with E-state index in [0.29, 0.717) is 12.8 Å². The molecule has 14 heteroatoms. The Morgan fingerprint density at radius 2 is 0.930 bits per heavy atom. The molecular formula is C57H103NO13. The van der Waals surface area contributed by atoms with Crippen LogP contribution in [0.5, 0.6) is 0 Å². The van der Waals surface area contributed by atoms with Crippen LogP contribution in [0, 0.1) is 0 Å². The lowest BCUT2D eigenvalue weighted by Gasteiger charge is -2.46. The number of aliphatic hydroxyl groups is 8. The molecule has 12 unspecified atom stereocenters. The molecule has 9 N–H and O–H groups in total. The fourth-order valence-corrected chi connectivity index (χ4v) is 9.09. The Hall–Kier alpha value is -2.05. The number of nitrogens with one attached hydrogen (secondary N) is 1. The van der Waals surface area contributed by atoms with E-state index in [4.69, 9.17) is 18.9 Å². The quantitative estimate of drug-likeness (QED) is 0.0206. The van der Waals surface area contributed by atoms with Gasteiger partial charge in [-0.05, 0) is 64.2 Å². The van der Waals surface area contributed by atoms with Crippen LogP contribution in [0.4, 0.5) is 0 Å². The molecule has 71 heavy (non-hydrogen) atoms. The van der Waals surface area contributed by atoms with Crippen molar-refractivity contribution in [2.45, 2.75) is 286 Å². The average Bonchev–Trinajstić information content (AvgIpc) is 3.37. The highest BCUT2D eigenvalue weighted by Gasteiger charge is 2.51. The van der Waals surface area contributed by atoms with Gasteiger partial charge in [0.05, 0.1) is 32.0 Å². The third kappa shape index (κ3) is 29.6. The van der Waals surface area contributed by atoms with Crippen molar-refractivity contribution in [2.24, 2.45) is 0 Å². The first-order valence-electron chi connectivity index (χ1n) is 28.4. The third-order valence-corrected chi connectivity index (χ3v) is 13.7. The minimum atomic E-state index is -1.79. The van der Waals surface area contributed by atoms with E-state index >= 15 is 0 Å². The molecule has 0 aromatic heterocycles. The van der Waals surface area contributed by atoms with Gasteiger partial charge >= 0.3 is 0 Å². The summed E-state index contributed by atoms with van der Waals surface area (Å²) in [6.07, 6.45) is 36.1. The van der Waals surface area contributed by atoms with E-state index in [1.807, 2.05) is 6.08 Å². The molecule has 12 atom stereocenters. The van der Waals surface area contributed by atoms with Crippen LogP contribution in [-0.2, 0) is 23.7 Å². The van der Waals surface area contributed by atoms with Crippen molar-refractivity contribution in [3.8, 4) is 0 Å². The molecular weight excluding hydrogens is 907 g/mol. The summed E-state index contributed by atoms with van der Waals surface area (Å²) in [5, 5.41) is 86.7. The molecule has 2 aliphatic rings. The summed E-state index contributed by atoms with van der Waals surface area (Å²) in [4.78, 5) is 13.1. The maximum atomic E-state index is 13.1. The summed E-state index contributed by atoms with van der Waals surface area (Å²) < 4.78 is 22.7. The van der Waals surface area contributed by atoms with Crippen LogP contribution in [0.25, 0.3) is 0 Å². The van der Waals surface area contributed by atoms with Crippen LogP contribution in [0.15, 0.2) is 48.6 Å². The predicted molar refractivity (Wildman–Crippen MR) is 281 cm³/mol. The Morgan fingerprint density at radius 3 is 1.44 bits per heavy atom. The molecule has 414 valence electrons. The van der Waals surface area contributed by atoms with Gasteiger partial charge in [-0.25, -0.2) is 0 Å². The summed E-state index contributed by atoms with van der Waals surface area (Å²) >= 11 is 0. The van der Waals surface area contributed by atoms with E-state index in [1.54, 1.807) is 6.08 Å². The second kappa shape index (κ2) is 43.2. The number of unbranched alkanes of at least 4 members (excludes halogenated alkanes) is 25. The first kappa shape index (κ1) is 65.1. The van der Waals surface area contributed by atoms with Gasteiger partial charge in [0.15, 0.2) is 12.6 Å². The van der Waals surface area contributed by atoms with Crippen molar-refractivity contribution in [1.29, 1.82) is 0 Å². The first-order valence-corrected chi connectivity index (χ1v) is 28.4. The van der Waals surface area contributed by atoms with E-state index < -0.39 is 86.8 Å². The van der Waals surface area contributed by atoms with Crippen molar-refractivity contribution in [2.75, 3.05) is 19.8 Å². The SMILES string of the molecule is CCC/C=C\CCCCCCCC(=O)NC(COC1OC(CO)C(OC2OC(CO)C(O)C(O)C2O)C(O)C1O)C(O)/C=C/CC/C=C/CC/C=C/CCCCCCCCCCCCCCCCCCC. The van der Waals surface area contributed by atoms with Crippen LogP contribution in [0.1, 0.15) is 213 Å². The Bertz CT molecular complexity index is 1380. The van der Waals surface area contributed by atoms with Gasteiger partial charge in [0.1, 0.15) is 48.8 Å². The standard InChI is InChI=1S/C57H103NO13/c1-3-5-7-9-11-13-15-16-17-18-19-20-21-22-23-24-25-26-27-28-29-30-31-32-34-36-38-40-46(61)45(58-49(62)41-39-37-35-33-14-12-10-8-6-4-2)44-68-56-54(67)52(65)55(48(43-60)70-56)71-57-53(66)51(64)50(63)47(42-59)69-57/h8,10,27-28,31-32,38,40,45-48,50-57,59-61,63-67H,3-7,9,11-26,29-30,33-37,39,41-44H2,1-2H3,(H,58,62)/b10-8-,28-27+,32-31+,40-38+. The maximum absolute atomic E-state index is 13.1. The van der Waals surface area contributed by atoms with Crippen LogP contribution in [0.3, 0.4) is 0 Å². The van der Waals surface area contributed by atoms with Gasteiger partial charge < -0.3 is 65.1 Å². The van der Waals surface area contributed by atoms with Gasteiger partial charge in [0.25, 0.3) is 0 Å². The number of carbonyl (C=O) groups is 1. The fraction of sp³-hybridized carbons (Fsp3) is 0.842. The lowest BCUT2D eigenvalue weighted by Crippen LogP contribution is -2.65. The number of allylic oxidation sites excluding steroid dienone is 7. The number of aliphatic hydroxyl groups excluding tert-OH is 8. The number of amides is 1. The molecule has 0 aromatic rings. The maximum Gasteiger partial charge on any atom is 0.220 e. The van der Waals surface area contributed by atoms with Crippen molar-refractivity contribution in [3.63, 3.8) is 0 Å². The number of rotatable bonds is 44. The number of carbonyl (C=O) groups excluding carboxylic acids is 1. The van der Waals surface area contributed by atoms with Crippen molar-refractivity contribution >= 4 is 5.91 Å². The zero-order valence-electron chi connectivity index (χ0n) is 44.2. The zero-order chi connectivity index (χ0) is 51.7. The van der Waals surface area contributed by atoms with E-state index in [1.165, 1.54) is 109 Å². The highest BCUT2D eigenvalue weighted by Crippen LogP contribution is 2.30. The monoisotopic (exact) mass is 1010 g/mol. The minimum Gasteiger partial charge on any atom is -0.394 e. The summed E-state index contributed by atoms with van der Waals surface area (Å²) in [5.74, 6) is -0.267. The van der Waals surface area contributed by atoms with Crippen molar-refractivity contribution in [1.82, 2.24) is 5.32 Å². The summed E-state index contributed by atoms with van der Waals surface area (Å²) in [7, 11) is 0. The summed E-state index contributed by atoms with van der Waals surface area (Å²) in [6, 6.07) is -0.941. The lowest BCUT2D eigenvalue weighted by atomic mass is 9.97. The van der Waals surface area contributed by atoms with Crippen LogP contribution >= 0.6 is 0 Å². The summed E-state index contributed by atoms with van der Waals surface area (Å²) in [5.41, 5.74) is 0. The normalized spacial score (nSPS) is 26.1. The van der Waals surface area contributed by atoms with Gasteiger partial charge in [-0.3, -0.25) is 4.79 Å². The minimum absolute atomic E-state index is 0.258. The van der Waals surface area contributed by atoms with E-state index in [2.05, 4.69) is 55.6 Å². The first-order chi connectivity index (χ1) is 34.6. The smallest absolute Gasteiger partial charge is 0.220 e. The summed E-state index contributed by atoms with van der Waals surface area (Å²) in [6.45, 7) is 2.69. The van der Waals surface area contributed by atoms with E-state index in [0.717, 1.165) is 70.6 Å². The fourth-order valence-electron chi connectivity index (χ4n) is 9.09. The van der Waals surface area contributed by atoms with Crippen LogP contribution < -0.4 is 5.32 Å². The third-order valence-electron chi connectivity index (χ3n) is 13.7. The molecule has 2 rings (SSSR count). The molecule has 2 heterocycles. The second-order valence-corrected chi connectivity index (χ2v) is 20.0. The van der Waals surface area contributed by atoms with Crippen molar-refractivity contribution in [3.05, 3.63) is 48.6 Å². The molecule has 0 radical (unpaired) electrons. The molecule has 0 aliphatic carbocycles. The Balaban J connectivity index is 1.75. The lowest BCUT2D eigenvalue weighted by molar-refractivity contribution is -0.359. The number of ether oxygens (including phenoxy) is 4. The van der Waals surface area contributed by atoms with Crippen molar-refractivity contribution < 1.29 is 64.6 Å². The van der Waals surface area contributed by atoms with Gasteiger partial charge in [-0.15, -0.1) is 0 Å². The average molecular weight is 1010 g/mol. The molecule has 0 saturated carbocycles. The molecule has 2 saturated heterocycles. The number of hydrogen-bond donors (Lipinski definition) is 9. The molecule has 2 fully saturated rings. The molecule has 0 spiro atoms. The zero-order valence-corrected chi connectivity index (χ0v) is 44.2. The van der Waals surface area contributed by atoms with Gasteiger partial charge in [0.2, 0.25) is 5.91 Å². The van der Waals surface area contributed by atoms with Gasteiger partial charge in [-0.2, -0.15) is 0 Å². The van der Waals surface area contributed by atoms with Crippen LogP contribution in [0.2, 0.25) is 0 Å². The Kier molecular flexibility index (Phi) is 39.6. The van der Waals surface area contributed by atoms with E-state index in [9.17, 15) is 45.6 Å². The Labute approximate surface area is 429 Å². The topological polar surface area (TPSA) is 228 Å². The highest BCUT2D eigenvalue weighted by molar-refractivity contribution is 5.76. The second-order valence-electron chi connectivity index (χ2n) is 20.0. The van der Waals surface area contributed by atoms with Crippen LogP contribution in [-0.4, -0.2) is 140 Å². The predicted octanol–water partition coefficient (Wildman–Crippen LogP) is 8.83. The molecule has 0 aromatic carbocycles. The van der Waals surface area contributed by atoms with Gasteiger partial charge in [0, 0.05) is 6.42 Å². The van der Waals surface area contributed by atoms with Gasteiger partial charge in [-0.1, -0.05) is 191 Å². The molecule has 14 nitrogen and oxygen atoms in total. The Morgan fingerprint density at radius 1 is 0.493 bits per heavy atom. The molecule has 0 bridgehead atoms.